The van der Waals surface area contributed by atoms with Crippen LogP contribution in [0.4, 0.5) is 0 Å². The zero-order valence-electron chi connectivity index (χ0n) is 12.1. The Bertz CT molecular complexity index is 783. The number of oxime groups is 1. The summed E-state index contributed by atoms with van der Waals surface area (Å²) in [5.41, 5.74) is -1.23. The highest BCUT2D eigenvalue weighted by molar-refractivity contribution is 6.36. The average molecular weight is 306 g/mol. The SMILES string of the molecule is CCOC(=O)C1=NO[C@H](Cn2cc(C#N)c(=O)n(C)c2=O)C1. The summed E-state index contributed by atoms with van der Waals surface area (Å²) in [6, 6.07) is 1.74. The van der Waals surface area contributed by atoms with Crippen LogP contribution in [-0.4, -0.2) is 33.5 Å². The molecule has 1 aromatic heterocycles. The Labute approximate surface area is 125 Å². The van der Waals surface area contributed by atoms with Gasteiger partial charge in [-0.25, -0.2) is 9.59 Å². The van der Waals surface area contributed by atoms with Crippen LogP contribution < -0.4 is 11.2 Å². The molecule has 0 aromatic carbocycles. The molecule has 0 bridgehead atoms. The number of nitrogens with zero attached hydrogens (tertiary/aromatic N) is 4. The second-order valence-electron chi connectivity index (χ2n) is 4.64. The van der Waals surface area contributed by atoms with Crippen LogP contribution in [0.5, 0.6) is 0 Å². The van der Waals surface area contributed by atoms with Gasteiger partial charge in [0.15, 0.2) is 11.8 Å². The van der Waals surface area contributed by atoms with Crippen molar-refractivity contribution in [3.8, 4) is 6.07 Å². The van der Waals surface area contributed by atoms with E-state index in [1.807, 2.05) is 0 Å². The van der Waals surface area contributed by atoms with Gasteiger partial charge in [0.25, 0.3) is 5.56 Å². The van der Waals surface area contributed by atoms with E-state index in [0.29, 0.717) is 0 Å². The fourth-order valence-electron chi connectivity index (χ4n) is 2.01. The predicted octanol–water partition coefficient (Wildman–Crippen LogP) is -0.873. The Kier molecular flexibility index (Phi) is 4.41. The van der Waals surface area contributed by atoms with Crippen LogP contribution in [0.15, 0.2) is 20.9 Å². The maximum absolute atomic E-state index is 12.0. The van der Waals surface area contributed by atoms with E-state index in [1.165, 1.54) is 17.8 Å². The van der Waals surface area contributed by atoms with Gasteiger partial charge in [0.05, 0.1) is 13.2 Å². The molecule has 0 fully saturated rings. The fraction of sp³-hybridized carbons (Fsp3) is 0.462. The van der Waals surface area contributed by atoms with Crippen molar-refractivity contribution < 1.29 is 14.4 Å². The average Bonchev–Trinajstić information content (AvgIpc) is 2.97. The van der Waals surface area contributed by atoms with E-state index in [1.54, 1.807) is 13.0 Å². The van der Waals surface area contributed by atoms with Gasteiger partial charge < -0.3 is 9.57 Å². The second kappa shape index (κ2) is 6.26. The van der Waals surface area contributed by atoms with Gasteiger partial charge in [-0.15, -0.1) is 0 Å². The van der Waals surface area contributed by atoms with Gasteiger partial charge >= 0.3 is 11.7 Å². The minimum Gasteiger partial charge on any atom is -0.461 e. The van der Waals surface area contributed by atoms with Crippen molar-refractivity contribution in [2.24, 2.45) is 12.2 Å². The summed E-state index contributed by atoms with van der Waals surface area (Å²) in [6.07, 6.45) is 0.827. The molecule has 1 atom stereocenters. The van der Waals surface area contributed by atoms with Crippen LogP contribution in [0, 0.1) is 11.3 Å². The molecule has 1 aliphatic heterocycles. The topological polar surface area (TPSA) is 116 Å². The lowest BCUT2D eigenvalue weighted by Gasteiger charge is -2.11. The lowest BCUT2D eigenvalue weighted by atomic mass is 10.2. The zero-order chi connectivity index (χ0) is 16.3. The van der Waals surface area contributed by atoms with Crippen molar-refractivity contribution >= 4 is 11.7 Å². The molecule has 2 rings (SSSR count). The Morgan fingerprint density at radius 2 is 2.32 bits per heavy atom. The van der Waals surface area contributed by atoms with E-state index in [9.17, 15) is 14.4 Å². The van der Waals surface area contributed by atoms with E-state index in [4.69, 9.17) is 14.8 Å². The second-order valence-corrected chi connectivity index (χ2v) is 4.64. The van der Waals surface area contributed by atoms with Crippen molar-refractivity contribution in [3.05, 3.63) is 32.6 Å². The minimum absolute atomic E-state index is 0.0635. The van der Waals surface area contributed by atoms with Gasteiger partial charge in [0.1, 0.15) is 11.6 Å². The van der Waals surface area contributed by atoms with Crippen molar-refractivity contribution in [2.75, 3.05) is 6.61 Å². The Hall–Kier alpha value is -2.89. The fourth-order valence-corrected chi connectivity index (χ4v) is 2.01. The summed E-state index contributed by atoms with van der Waals surface area (Å²) in [6.45, 7) is 1.97. The van der Waals surface area contributed by atoms with E-state index in [-0.39, 0.29) is 30.8 Å². The van der Waals surface area contributed by atoms with Crippen molar-refractivity contribution in [1.29, 1.82) is 5.26 Å². The highest BCUT2D eigenvalue weighted by Crippen LogP contribution is 2.13. The van der Waals surface area contributed by atoms with Crippen molar-refractivity contribution in [2.45, 2.75) is 26.0 Å². The predicted molar refractivity (Wildman–Crippen MR) is 74.2 cm³/mol. The smallest absolute Gasteiger partial charge is 0.356 e. The highest BCUT2D eigenvalue weighted by Gasteiger charge is 2.28. The van der Waals surface area contributed by atoms with E-state index in [0.717, 1.165) is 4.57 Å². The summed E-state index contributed by atoms with van der Waals surface area (Å²) in [5, 5.41) is 12.5. The number of nitriles is 1. The number of carbonyl (C=O) groups is 1. The normalized spacial score (nSPS) is 16.6. The van der Waals surface area contributed by atoms with E-state index >= 15 is 0 Å². The van der Waals surface area contributed by atoms with Crippen molar-refractivity contribution in [3.63, 3.8) is 0 Å². The molecule has 9 heteroatoms. The molecule has 0 saturated carbocycles. The molecule has 9 nitrogen and oxygen atoms in total. The van der Waals surface area contributed by atoms with Gasteiger partial charge in [-0.05, 0) is 6.92 Å². The first-order valence-electron chi connectivity index (χ1n) is 6.58. The molecule has 116 valence electrons. The zero-order valence-corrected chi connectivity index (χ0v) is 12.1. The molecular weight excluding hydrogens is 292 g/mol. The van der Waals surface area contributed by atoms with Crippen LogP contribution in [0.25, 0.3) is 0 Å². The summed E-state index contributed by atoms with van der Waals surface area (Å²) >= 11 is 0. The molecule has 0 saturated heterocycles. The number of esters is 1. The largest absolute Gasteiger partial charge is 0.461 e. The first-order chi connectivity index (χ1) is 10.5. The first-order valence-corrected chi connectivity index (χ1v) is 6.58. The van der Waals surface area contributed by atoms with Gasteiger partial charge in [-0.1, -0.05) is 5.16 Å². The maximum atomic E-state index is 12.0. The Balaban J connectivity index is 2.16. The molecule has 2 heterocycles. The highest BCUT2D eigenvalue weighted by atomic mass is 16.6. The first kappa shape index (κ1) is 15.5. The quantitative estimate of drug-likeness (QED) is 0.667. The lowest BCUT2D eigenvalue weighted by Crippen LogP contribution is -2.40. The molecule has 0 spiro atoms. The molecule has 0 N–H and O–H groups in total. The number of hydrogen-bond acceptors (Lipinski definition) is 7. The summed E-state index contributed by atoms with van der Waals surface area (Å²) < 4.78 is 6.85. The molecule has 0 unspecified atom stereocenters. The summed E-state index contributed by atoms with van der Waals surface area (Å²) in [4.78, 5) is 40.2. The van der Waals surface area contributed by atoms with Gasteiger partial charge in [0.2, 0.25) is 0 Å². The van der Waals surface area contributed by atoms with Crippen LogP contribution in [-0.2, 0) is 28.0 Å². The molecule has 0 radical (unpaired) electrons. The lowest BCUT2D eigenvalue weighted by molar-refractivity contribution is -0.135. The van der Waals surface area contributed by atoms with Gasteiger partial charge in [0, 0.05) is 19.7 Å². The number of rotatable bonds is 4. The molecule has 1 aromatic rings. The van der Waals surface area contributed by atoms with Crippen LogP contribution >= 0.6 is 0 Å². The third kappa shape index (κ3) is 2.90. The number of carbonyl (C=O) groups excluding carboxylic acids is 1. The molecular formula is C13H14N4O5. The van der Waals surface area contributed by atoms with E-state index in [2.05, 4.69) is 5.16 Å². The van der Waals surface area contributed by atoms with Gasteiger partial charge in [-0.2, -0.15) is 5.26 Å². The van der Waals surface area contributed by atoms with Gasteiger partial charge in [-0.3, -0.25) is 13.9 Å². The standard InChI is InChI=1S/C13H14N4O5/c1-3-21-12(19)10-4-9(22-15-10)7-17-6-8(5-14)11(18)16(2)13(17)20/h6,9H,3-4,7H2,1-2H3/t9-/m0/s1. The molecule has 1 aliphatic rings. The summed E-state index contributed by atoms with van der Waals surface area (Å²) in [5.74, 6) is -0.560. The molecule has 0 amide bonds. The van der Waals surface area contributed by atoms with Crippen molar-refractivity contribution in [1.82, 2.24) is 9.13 Å². The van der Waals surface area contributed by atoms with Crippen LogP contribution in [0.3, 0.4) is 0 Å². The maximum Gasteiger partial charge on any atom is 0.356 e. The Morgan fingerprint density at radius 1 is 1.59 bits per heavy atom. The van der Waals surface area contributed by atoms with Crippen LogP contribution in [0.1, 0.15) is 18.9 Å². The third-order valence-corrected chi connectivity index (χ3v) is 3.12. The third-order valence-electron chi connectivity index (χ3n) is 3.12. The number of aromatic nitrogens is 2. The molecule has 0 aliphatic carbocycles. The molecule has 22 heavy (non-hydrogen) atoms. The van der Waals surface area contributed by atoms with E-state index < -0.39 is 23.3 Å². The monoisotopic (exact) mass is 306 g/mol. The Morgan fingerprint density at radius 3 is 2.95 bits per heavy atom. The number of ether oxygens (including phenoxy) is 1. The minimum atomic E-state index is -0.653. The van der Waals surface area contributed by atoms with Crippen LogP contribution in [0.2, 0.25) is 0 Å². The summed E-state index contributed by atoms with van der Waals surface area (Å²) in [7, 11) is 1.29. The number of hydrogen-bond donors (Lipinski definition) is 0.